The molecule has 3 N–H and O–H groups in total. The van der Waals surface area contributed by atoms with Gasteiger partial charge in [0.2, 0.25) is 0 Å². The number of nitrogen functional groups attached to an aromatic ring is 1. The molecule has 0 aliphatic heterocycles. The molecule has 0 saturated carbocycles. The number of anilines is 1. The Hall–Kier alpha value is -1.88. The van der Waals surface area contributed by atoms with E-state index >= 15 is 0 Å². The molecular formula is C15H17N3OS. The van der Waals surface area contributed by atoms with Crippen molar-refractivity contribution >= 4 is 22.9 Å². The number of rotatable bonds is 2. The number of nitrogens with two attached hydrogens (primary N) is 1. The van der Waals surface area contributed by atoms with Crippen molar-refractivity contribution < 1.29 is 4.79 Å². The van der Waals surface area contributed by atoms with Gasteiger partial charge in [-0.05, 0) is 49.3 Å². The predicted octanol–water partition coefficient (Wildman–Crippen LogP) is 2.84. The number of aryl methyl sites for hydroxylation is 2. The van der Waals surface area contributed by atoms with Gasteiger partial charge < -0.3 is 11.1 Å². The van der Waals surface area contributed by atoms with Crippen molar-refractivity contribution in [3.8, 4) is 0 Å². The van der Waals surface area contributed by atoms with E-state index < -0.39 is 0 Å². The second-order valence-electron chi connectivity index (χ2n) is 5.13. The molecule has 0 fully saturated rings. The van der Waals surface area contributed by atoms with E-state index in [-0.39, 0.29) is 11.9 Å². The molecule has 1 unspecified atom stereocenters. The highest BCUT2D eigenvalue weighted by molar-refractivity contribution is 7.10. The Bertz CT molecular complexity index is 650. The summed E-state index contributed by atoms with van der Waals surface area (Å²) in [6, 6.07) is 3.94. The topological polar surface area (TPSA) is 68.0 Å². The summed E-state index contributed by atoms with van der Waals surface area (Å²) in [4.78, 5) is 17.9. The van der Waals surface area contributed by atoms with Crippen LogP contribution in [0.4, 0.5) is 5.69 Å². The van der Waals surface area contributed by atoms with E-state index in [0.29, 0.717) is 11.3 Å². The number of thiophene rings is 1. The lowest BCUT2D eigenvalue weighted by Crippen LogP contribution is -2.31. The molecule has 1 atom stereocenters. The molecule has 3 rings (SSSR count). The summed E-state index contributed by atoms with van der Waals surface area (Å²) in [6.45, 7) is 1.86. The molecule has 1 aliphatic carbocycles. The minimum Gasteiger partial charge on any atom is -0.398 e. The van der Waals surface area contributed by atoms with Crippen LogP contribution in [-0.4, -0.2) is 10.9 Å². The van der Waals surface area contributed by atoms with Crippen LogP contribution in [0.3, 0.4) is 0 Å². The molecule has 0 bridgehead atoms. The van der Waals surface area contributed by atoms with Crippen molar-refractivity contribution in [3.63, 3.8) is 0 Å². The van der Waals surface area contributed by atoms with Gasteiger partial charge in [0, 0.05) is 22.5 Å². The van der Waals surface area contributed by atoms with Crippen molar-refractivity contribution in [2.24, 2.45) is 0 Å². The second kappa shape index (κ2) is 5.25. The Kier molecular flexibility index (Phi) is 3.44. The van der Waals surface area contributed by atoms with Crippen molar-refractivity contribution in [2.45, 2.75) is 32.2 Å². The monoisotopic (exact) mass is 287 g/mol. The Morgan fingerprint density at radius 2 is 2.40 bits per heavy atom. The van der Waals surface area contributed by atoms with E-state index in [9.17, 15) is 4.79 Å². The quantitative estimate of drug-likeness (QED) is 0.892. The van der Waals surface area contributed by atoms with Gasteiger partial charge in [-0.2, -0.15) is 0 Å². The van der Waals surface area contributed by atoms with E-state index in [1.54, 1.807) is 23.6 Å². The molecule has 0 aromatic carbocycles. The molecule has 104 valence electrons. The Morgan fingerprint density at radius 3 is 3.20 bits per heavy atom. The molecule has 1 amide bonds. The van der Waals surface area contributed by atoms with Crippen molar-refractivity contribution in [1.82, 2.24) is 10.3 Å². The van der Waals surface area contributed by atoms with Gasteiger partial charge in [-0.3, -0.25) is 9.78 Å². The van der Waals surface area contributed by atoms with Crippen LogP contribution in [0.5, 0.6) is 0 Å². The van der Waals surface area contributed by atoms with Crippen LogP contribution < -0.4 is 11.1 Å². The number of carbonyl (C=O) groups excluding carboxylic acids is 1. The minimum absolute atomic E-state index is 0.0956. The van der Waals surface area contributed by atoms with Crippen LogP contribution in [-0.2, 0) is 6.42 Å². The standard InChI is InChI=1S/C15H17N3OS/c1-9-7-12(16)11(8-17-9)15(19)18-13-3-2-4-14-10(13)5-6-20-14/h5-8,13H,2-4H2,1H3,(H2,16,17)(H,18,19). The van der Waals surface area contributed by atoms with Gasteiger partial charge in [0.15, 0.2) is 0 Å². The molecular weight excluding hydrogens is 270 g/mol. The van der Waals surface area contributed by atoms with Crippen LogP contribution in [0, 0.1) is 6.92 Å². The van der Waals surface area contributed by atoms with Gasteiger partial charge >= 0.3 is 0 Å². The number of pyridine rings is 1. The number of aromatic nitrogens is 1. The predicted molar refractivity (Wildman–Crippen MR) is 80.9 cm³/mol. The molecule has 20 heavy (non-hydrogen) atoms. The summed E-state index contributed by atoms with van der Waals surface area (Å²) in [5.74, 6) is -0.140. The lowest BCUT2D eigenvalue weighted by Gasteiger charge is -2.24. The highest BCUT2D eigenvalue weighted by Gasteiger charge is 2.23. The van der Waals surface area contributed by atoms with Gasteiger partial charge in [-0.1, -0.05) is 0 Å². The van der Waals surface area contributed by atoms with Crippen LogP contribution in [0.1, 0.15) is 45.4 Å². The van der Waals surface area contributed by atoms with Gasteiger partial charge in [-0.25, -0.2) is 0 Å². The summed E-state index contributed by atoms with van der Waals surface area (Å²) in [5, 5.41) is 5.18. The third kappa shape index (κ3) is 2.41. The zero-order valence-corrected chi connectivity index (χ0v) is 12.2. The Balaban J connectivity index is 1.81. The highest BCUT2D eigenvalue weighted by Crippen LogP contribution is 2.33. The number of nitrogens with one attached hydrogen (secondary N) is 1. The SMILES string of the molecule is Cc1cc(N)c(C(=O)NC2CCCc3sccc32)cn1. The average molecular weight is 287 g/mol. The fourth-order valence-electron chi connectivity index (χ4n) is 2.64. The van der Waals surface area contributed by atoms with Gasteiger partial charge in [0.1, 0.15) is 0 Å². The van der Waals surface area contributed by atoms with E-state index in [1.165, 1.54) is 10.4 Å². The maximum Gasteiger partial charge on any atom is 0.255 e. The lowest BCUT2D eigenvalue weighted by molar-refractivity contribution is 0.0933. The molecule has 2 aromatic rings. The molecule has 0 saturated heterocycles. The molecule has 5 heteroatoms. The maximum absolute atomic E-state index is 12.3. The zero-order chi connectivity index (χ0) is 14.1. The molecule has 0 radical (unpaired) electrons. The average Bonchev–Trinajstić information content (AvgIpc) is 2.87. The normalized spacial score (nSPS) is 17.6. The van der Waals surface area contributed by atoms with Gasteiger partial charge in [0.25, 0.3) is 5.91 Å². The van der Waals surface area contributed by atoms with Gasteiger partial charge in [-0.15, -0.1) is 11.3 Å². The third-order valence-corrected chi connectivity index (χ3v) is 4.67. The van der Waals surface area contributed by atoms with Crippen LogP contribution >= 0.6 is 11.3 Å². The zero-order valence-electron chi connectivity index (χ0n) is 11.3. The molecule has 2 aromatic heterocycles. The maximum atomic E-state index is 12.3. The molecule has 0 spiro atoms. The van der Waals surface area contributed by atoms with Crippen LogP contribution in [0.15, 0.2) is 23.7 Å². The largest absolute Gasteiger partial charge is 0.398 e. The van der Waals surface area contributed by atoms with Crippen LogP contribution in [0.2, 0.25) is 0 Å². The first kappa shape index (κ1) is 13.1. The van der Waals surface area contributed by atoms with E-state index in [2.05, 4.69) is 21.7 Å². The molecule has 1 aliphatic rings. The number of carbonyl (C=O) groups is 1. The summed E-state index contributed by atoms with van der Waals surface area (Å²) in [6.07, 6.45) is 4.76. The van der Waals surface area contributed by atoms with Crippen molar-refractivity contribution in [1.29, 1.82) is 0 Å². The van der Waals surface area contributed by atoms with Gasteiger partial charge in [0.05, 0.1) is 11.6 Å². The summed E-state index contributed by atoms with van der Waals surface area (Å²) >= 11 is 1.77. The van der Waals surface area contributed by atoms with Crippen molar-refractivity contribution in [2.75, 3.05) is 5.73 Å². The first-order valence-electron chi connectivity index (χ1n) is 6.74. The summed E-state index contributed by atoms with van der Waals surface area (Å²) < 4.78 is 0. The van der Waals surface area contributed by atoms with Crippen LogP contribution in [0.25, 0.3) is 0 Å². The number of hydrogen-bond acceptors (Lipinski definition) is 4. The van der Waals surface area contributed by atoms with E-state index in [0.717, 1.165) is 25.0 Å². The fraction of sp³-hybridized carbons (Fsp3) is 0.333. The molecule has 4 nitrogen and oxygen atoms in total. The first-order valence-corrected chi connectivity index (χ1v) is 7.62. The molecule has 2 heterocycles. The summed E-state index contributed by atoms with van der Waals surface area (Å²) in [7, 11) is 0. The first-order chi connectivity index (χ1) is 9.65. The lowest BCUT2D eigenvalue weighted by atomic mass is 9.94. The summed E-state index contributed by atoms with van der Waals surface area (Å²) in [5.41, 5.74) is 8.92. The third-order valence-electron chi connectivity index (χ3n) is 3.67. The van der Waals surface area contributed by atoms with E-state index in [1.807, 2.05) is 6.92 Å². The number of fused-ring (bicyclic) bond motifs is 1. The van der Waals surface area contributed by atoms with Crippen molar-refractivity contribution in [3.05, 3.63) is 45.4 Å². The Morgan fingerprint density at radius 1 is 1.55 bits per heavy atom. The number of amides is 1. The van der Waals surface area contributed by atoms with E-state index in [4.69, 9.17) is 5.73 Å². The number of nitrogens with zero attached hydrogens (tertiary/aromatic N) is 1. The Labute approximate surface area is 122 Å². The number of hydrogen-bond donors (Lipinski definition) is 2. The minimum atomic E-state index is -0.140. The smallest absolute Gasteiger partial charge is 0.255 e. The second-order valence-corrected chi connectivity index (χ2v) is 6.13. The fourth-order valence-corrected chi connectivity index (χ4v) is 3.63. The highest BCUT2D eigenvalue weighted by atomic mass is 32.1.